The molecule has 114 valence electrons. The van der Waals surface area contributed by atoms with Crippen molar-refractivity contribution in [2.45, 2.75) is 19.9 Å². The molecule has 0 aliphatic heterocycles. The van der Waals surface area contributed by atoms with Gasteiger partial charge < -0.3 is 0 Å². The Balaban J connectivity index is 2.54. The van der Waals surface area contributed by atoms with E-state index in [1.807, 2.05) is 13.8 Å². The van der Waals surface area contributed by atoms with E-state index in [0.717, 1.165) is 0 Å². The third-order valence-corrected chi connectivity index (χ3v) is 3.16. The number of carbonyl (C=O) groups is 1. The molecule has 2 aromatic rings. The van der Waals surface area contributed by atoms with Gasteiger partial charge in [-0.1, -0.05) is 17.7 Å². The lowest BCUT2D eigenvalue weighted by molar-refractivity contribution is -0.384. The van der Waals surface area contributed by atoms with Crippen molar-refractivity contribution in [2.75, 3.05) is 0 Å². The number of hydrogen-bond donors (Lipinski definition) is 0. The molecule has 0 radical (unpaired) electrons. The molecule has 1 heterocycles. The molecule has 0 aliphatic rings. The normalized spacial score (nSPS) is 11.7. The van der Waals surface area contributed by atoms with Crippen molar-refractivity contribution in [3.05, 3.63) is 68.8 Å². The number of nitro groups is 1. The van der Waals surface area contributed by atoms with Gasteiger partial charge in [-0.05, 0) is 38.1 Å². The highest BCUT2D eigenvalue weighted by Crippen LogP contribution is 2.25. The molecule has 0 aliphatic carbocycles. The molecule has 2 rings (SSSR count). The SMILES string of the molecule is CC(C)N=c1ccccn1C(=O)c1ccc(Cl)c([N+](=O)[O-])c1. The number of carbonyl (C=O) groups excluding carboxylic acids is 1. The number of nitro benzene ring substituents is 1. The molecule has 0 N–H and O–H groups in total. The van der Waals surface area contributed by atoms with Crippen LogP contribution in [0.25, 0.3) is 0 Å². The third kappa shape index (κ3) is 3.40. The zero-order valence-electron chi connectivity index (χ0n) is 12.1. The van der Waals surface area contributed by atoms with Crippen LogP contribution in [0.2, 0.25) is 5.02 Å². The molecule has 0 fully saturated rings. The molecule has 0 amide bonds. The molecular formula is C15H14ClN3O3. The zero-order chi connectivity index (χ0) is 16.3. The van der Waals surface area contributed by atoms with Gasteiger partial charge in [0, 0.05) is 23.9 Å². The van der Waals surface area contributed by atoms with Crippen LogP contribution in [-0.2, 0) is 0 Å². The number of aromatic nitrogens is 1. The van der Waals surface area contributed by atoms with Crippen molar-refractivity contribution in [3.8, 4) is 0 Å². The van der Waals surface area contributed by atoms with Gasteiger partial charge in [0.1, 0.15) is 10.5 Å². The van der Waals surface area contributed by atoms with E-state index in [9.17, 15) is 14.9 Å². The second kappa shape index (κ2) is 6.53. The lowest BCUT2D eigenvalue weighted by Crippen LogP contribution is -2.28. The van der Waals surface area contributed by atoms with Crippen LogP contribution in [0.4, 0.5) is 5.69 Å². The van der Waals surface area contributed by atoms with Gasteiger partial charge in [-0.15, -0.1) is 0 Å². The van der Waals surface area contributed by atoms with Crippen LogP contribution in [-0.4, -0.2) is 21.4 Å². The molecular weight excluding hydrogens is 306 g/mol. The summed E-state index contributed by atoms with van der Waals surface area (Å²) in [6.45, 7) is 3.80. The Kier molecular flexibility index (Phi) is 4.72. The number of halogens is 1. The van der Waals surface area contributed by atoms with Crippen molar-refractivity contribution in [1.29, 1.82) is 0 Å². The van der Waals surface area contributed by atoms with Crippen molar-refractivity contribution in [1.82, 2.24) is 4.57 Å². The fraction of sp³-hybridized carbons (Fsp3) is 0.200. The van der Waals surface area contributed by atoms with Gasteiger partial charge in [-0.2, -0.15) is 0 Å². The minimum Gasteiger partial charge on any atom is -0.268 e. The largest absolute Gasteiger partial charge is 0.288 e. The minimum absolute atomic E-state index is 0.00768. The summed E-state index contributed by atoms with van der Waals surface area (Å²) in [5, 5.41) is 10.9. The summed E-state index contributed by atoms with van der Waals surface area (Å²) in [6, 6.07) is 9.16. The number of hydrogen-bond acceptors (Lipinski definition) is 4. The van der Waals surface area contributed by atoms with Crippen LogP contribution in [0.15, 0.2) is 47.6 Å². The maximum absolute atomic E-state index is 12.6. The monoisotopic (exact) mass is 319 g/mol. The summed E-state index contributed by atoms with van der Waals surface area (Å²) in [5.41, 5.74) is 0.360. The highest BCUT2D eigenvalue weighted by Gasteiger charge is 2.17. The van der Waals surface area contributed by atoms with Crippen molar-refractivity contribution >= 4 is 23.2 Å². The smallest absolute Gasteiger partial charge is 0.268 e. The fourth-order valence-electron chi connectivity index (χ4n) is 1.90. The summed E-state index contributed by atoms with van der Waals surface area (Å²) in [4.78, 5) is 27.2. The van der Waals surface area contributed by atoms with E-state index in [2.05, 4.69) is 4.99 Å². The molecule has 0 atom stereocenters. The van der Waals surface area contributed by atoms with Crippen molar-refractivity contribution < 1.29 is 9.72 Å². The van der Waals surface area contributed by atoms with E-state index in [1.54, 1.807) is 24.4 Å². The maximum atomic E-state index is 12.6. The quantitative estimate of drug-likeness (QED) is 0.644. The summed E-state index contributed by atoms with van der Waals surface area (Å²) in [7, 11) is 0. The van der Waals surface area contributed by atoms with E-state index in [0.29, 0.717) is 5.49 Å². The maximum Gasteiger partial charge on any atom is 0.288 e. The van der Waals surface area contributed by atoms with Gasteiger partial charge in [0.15, 0.2) is 0 Å². The van der Waals surface area contributed by atoms with E-state index in [-0.39, 0.29) is 22.3 Å². The van der Waals surface area contributed by atoms with E-state index in [4.69, 9.17) is 11.6 Å². The van der Waals surface area contributed by atoms with E-state index >= 15 is 0 Å². The number of rotatable bonds is 3. The summed E-state index contributed by atoms with van der Waals surface area (Å²) in [5.74, 6) is -0.403. The van der Waals surface area contributed by atoms with Crippen LogP contribution in [0.3, 0.4) is 0 Å². The van der Waals surface area contributed by atoms with Crippen LogP contribution in [0.1, 0.15) is 24.2 Å². The van der Waals surface area contributed by atoms with Gasteiger partial charge in [0.25, 0.3) is 11.6 Å². The second-order valence-electron chi connectivity index (χ2n) is 4.88. The van der Waals surface area contributed by atoms with Crippen molar-refractivity contribution in [2.24, 2.45) is 4.99 Å². The molecule has 0 spiro atoms. The topological polar surface area (TPSA) is 77.5 Å². The first-order valence-electron chi connectivity index (χ1n) is 6.60. The summed E-state index contributed by atoms with van der Waals surface area (Å²) < 4.78 is 1.35. The van der Waals surface area contributed by atoms with Crippen molar-refractivity contribution in [3.63, 3.8) is 0 Å². The lowest BCUT2D eigenvalue weighted by Gasteiger charge is -2.07. The van der Waals surface area contributed by atoms with Gasteiger partial charge >= 0.3 is 0 Å². The van der Waals surface area contributed by atoms with Gasteiger partial charge in [0.2, 0.25) is 0 Å². The summed E-state index contributed by atoms with van der Waals surface area (Å²) >= 11 is 5.76. The molecule has 0 saturated carbocycles. The molecule has 0 unspecified atom stereocenters. The predicted molar refractivity (Wildman–Crippen MR) is 83.0 cm³/mol. The summed E-state index contributed by atoms with van der Waals surface area (Å²) in [6.07, 6.45) is 1.57. The standard InChI is InChI=1S/C15H14ClN3O3/c1-10(2)17-14-5-3-4-8-18(14)15(20)11-6-7-12(16)13(9-11)19(21)22/h3-10H,1-2H3. The Morgan fingerprint density at radius 2 is 2.05 bits per heavy atom. The number of benzene rings is 1. The average molecular weight is 320 g/mol. The molecule has 22 heavy (non-hydrogen) atoms. The molecule has 0 saturated heterocycles. The predicted octanol–water partition coefficient (Wildman–Crippen LogP) is 3.05. The molecule has 1 aromatic carbocycles. The number of pyridine rings is 1. The highest BCUT2D eigenvalue weighted by molar-refractivity contribution is 6.32. The highest BCUT2D eigenvalue weighted by atomic mass is 35.5. The van der Waals surface area contributed by atoms with Gasteiger partial charge in [-0.25, -0.2) is 0 Å². The molecule has 7 heteroatoms. The Hall–Kier alpha value is -2.47. The van der Waals surface area contributed by atoms with Crippen LogP contribution < -0.4 is 5.49 Å². The Morgan fingerprint density at radius 3 is 2.68 bits per heavy atom. The van der Waals surface area contributed by atoms with Gasteiger partial charge in [-0.3, -0.25) is 24.5 Å². The third-order valence-electron chi connectivity index (χ3n) is 2.84. The van der Waals surface area contributed by atoms with E-state index < -0.39 is 10.8 Å². The number of nitrogens with zero attached hydrogens (tertiary/aromatic N) is 3. The van der Waals surface area contributed by atoms with E-state index in [1.165, 1.54) is 22.8 Å². The first kappa shape index (κ1) is 15.9. The van der Waals surface area contributed by atoms with Gasteiger partial charge in [0.05, 0.1) is 4.92 Å². The first-order valence-corrected chi connectivity index (χ1v) is 6.98. The lowest BCUT2D eigenvalue weighted by atomic mass is 10.2. The molecule has 0 bridgehead atoms. The van der Waals surface area contributed by atoms with Crippen LogP contribution in [0.5, 0.6) is 0 Å². The Bertz CT molecular complexity index is 797. The molecule has 1 aromatic heterocycles. The average Bonchev–Trinajstić information content (AvgIpc) is 2.46. The fourth-order valence-corrected chi connectivity index (χ4v) is 2.09. The molecule has 6 nitrogen and oxygen atoms in total. The second-order valence-corrected chi connectivity index (χ2v) is 5.29. The van der Waals surface area contributed by atoms with Crippen LogP contribution >= 0.6 is 11.6 Å². The Labute approximate surface area is 131 Å². The zero-order valence-corrected chi connectivity index (χ0v) is 12.8. The minimum atomic E-state index is -0.617. The van der Waals surface area contributed by atoms with Crippen LogP contribution in [0, 0.1) is 10.1 Å². The first-order chi connectivity index (χ1) is 10.4. The Morgan fingerprint density at radius 1 is 1.32 bits per heavy atom.